The summed E-state index contributed by atoms with van der Waals surface area (Å²) in [5, 5.41) is 0.202. The van der Waals surface area contributed by atoms with Gasteiger partial charge in [0.15, 0.2) is 28.9 Å². The molecule has 0 aliphatic carbocycles. The number of amides is 1. The Morgan fingerprint density at radius 2 is 1.55 bits per heavy atom. The molecule has 40 heavy (non-hydrogen) atoms. The third-order valence-corrected chi connectivity index (χ3v) is 6.63. The van der Waals surface area contributed by atoms with Gasteiger partial charge in [-0.15, -0.1) is 6.58 Å². The molecule has 214 valence electrons. The Morgan fingerprint density at radius 1 is 0.950 bits per heavy atom. The molecule has 0 spiro atoms. The lowest BCUT2D eigenvalue weighted by molar-refractivity contribution is -0.237. The topological polar surface area (TPSA) is 147 Å². The lowest BCUT2D eigenvalue weighted by Crippen LogP contribution is -2.61. The number of hydrogen-bond acceptors (Lipinski definition) is 12. The van der Waals surface area contributed by atoms with E-state index in [4.69, 9.17) is 23.7 Å². The van der Waals surface area contributed by atoms with Crippen molar-refractivity contribution in [3.63, 3.8) is 0 Å². The van der Waals surface area contributed by atoms with Crippen LogP contribution in [0.3, 0.4) is 0 Å². The molecule has 1 fully saturated rings. The molecule has 0 radical (unpaired) electrons. The van der Waals surface area contributed by atoms with Gasteiger partial charge in [-0.3, -0.25) is 28.9 Å². The van der Waals surface area contributed by atoms with Crippen molar-refractivity contribution in [2.45, 2.75) is 57.5 Å². The summed E-state index contributed by atoms with van der Waals surface area (Å²) >= 11 is 0.929. The molecule has 5 atom stereocenters. The molecule has 2 heterocycles. The fourth-order valence-corrected chi connectivity index (χ4v) is 5.19. The molecule has 0 saturated carbocycles. The van der Waals surface area contributed by atoms with Crippen LogP contribution in [0, 0.1) is 0 Å². The van der Waals surface area contributed by atoms with Crippen molar-refractivity contribution in [2.75, 3.05) is 13.2 Å². The molecule has 5 unspecified atom stereocenters. The van der Waals surface area contributed by atoms with Crippen molar-refractivity contribution in [1.29, 1.82) is 0 Å². The molecule has 1 amide bonds. The second-order valence-corrected chi connectivity index (χ2v) is 9.79. The van der Waals surface area contributed by atoms with E-state index in [9.17, 15) is 24.0 Å². The van der Waals surface area contributed by atoms with Crippen LogP contribution in [0.25, 0.3) is 6.08 Å². The van der Waals surface area contributed by atoms with Gasteiger partial charge in [-0.2, -0.15) is 0 Å². The van der Waals surface area contributed by atoms with Crippen LogP contribution >= 0.6 is 11.8 Å². The minimum absolute atomic E-state index is 0.113. The standard InChI is InChI=1S/C27H30N2O10S/c1-6-12-29-25(34)20(13-19-10-8-7-9-11-19)28-27(29)40-26-24(38-18(5)33)23(37-17(4)32)22(36-16(3)31)21(39-26)14-35-15(2)30/h6-11,13,21-24,26H,1,12,14H2,2-5H3. The second kappa shape index (κ2) is 13.9. The number of aliphatic imine (C=N–C) groups is 1. The average Bonchev–Trinajstić information content (AvgIpc) is 3.15. The third kappa shape index (κ3) is 8.02. The molecule has 0 N–H and O–H groups in total. The molecule has 1 aromatic carbocycles. The largest absolute Gasteiger partial charge is 0.463 e. The molecule has 3 rings (SSSR count). The molecular weight excluding hydrogens is 544 g/mol. The van der Waals surface area contributed by atoms with Gasteiger partial charge >= 0.3 is 23.9 Å². The van der Waals surface area contributed by atoms with Crippen molar-refractivity contribution < 1.29 is 47.7 Å². The first kappa shape index (κ1) is 30.6. The van der Waals surface area contributed by atoms with Crippen LogP contribution in [-0.4, -0.2) is 82.9 Å². The smallest absolute Gasteiger partial charge is 0.303 e. The van der Waals surface area contributed by atoms with Gasteiger partial charge in [0.1, 0.15) is 18.4 Å². The van der Waals surface area contributed by atoms with Crippen LogP contribution in [0.5, 0.6) is 0 Å². The number of hydrogen-bond donors (Lipinski definition) is 0. The van der Waals surface area contributed by atoms with Crippen LogP contribution in [0.2, 0.25) is 0 Å². The number of nitrogens with zero attached hydrogens (tertiary/aromatic N) is 2. The molecule has 1 saturated heterocycles. The first-order valence-electron chi connectivity index (χ1n) is 12.3. The summed E-state index contributed by atoms with van der Waals surface area (Å²) in [7, 11) is 0. The van der Waals surface area contributed by atoms with E-state index in [1.54, 1.807) is 6.08 Å². The Bertz CT molecular complexity index is 1210. The maximum atomic E-state index is 13.2. The highest BCUT2D eigenvalue weighted by atomic mass is 32.2. The zero-order chi connectivity index (χ0) is 29.4. The molecule has 2 aliphatic rings. The Hall–Kier alpha value is -3.97. The second-order valence-electron chi connectivity index (χ2n) is 8.72. The van der Waals surface area contributed by atoms with Gasteiger partial charge in [-0.25, -0.2) is 4.99 Å². The highest BCUT2D eigenvalue weighted by Crippen LogP contribution is 2.37. The number of rotatable bonds is 9. The van der Waals surface area contributed by atoms with E-state index in [1.165, 1.54) is 17.9 Å². The van der Waals surface area contributed by atoms with Crippen LogP contribution in [0.15, 0.2) is 53.7 Å². The van der Waals surface area contributed by atoms with Crippen LogP contribution in [0.1, 0.15) is 33.3 Å². The highest BCUT2D eigenvalue weighted by molar-refractivity contribution is 8.14. The van der Waals surface area contributed by atoms with Crippen molar-refractivity contribution in [3.8, 4) is 0 Å². The summed E-state index contributed by atoms with van der Waals surface area (Å²) in [5.41, 5.74) is -0.219. The summed E-state index contributed by atoms with van der Waals surface area (Å²) in [6.07, 6.45) is -1.89. The van der Waals surface area contributed by atoms with E-state index < -0.39 is 59.6 Å². The molecule has 0 bridgehead atoms. The van der Waals surface area contributed by atoms with E-state index in [2.05, 4.69) is 11.6 Å². The van der Waals surface area contributed by atoms with Gasteiger partial charge in [-0.1, -0.05) is 48.2 Å². The predicted molar refractivity (Wildman–Crippen MR) is 143 cm³/mol. The molecule has 2 aliphatic heterocycles. The lowest BCUT2D eigenvalue weighted by Gasteiger charge is -2.44. The van der Waals surface area contributed by atoms with Gasteiger partial charge < -0.3 is 23.7 Å². The lowest BCUT2D eigenvalue weighted by atomic mass is 9.99. The number of ether oxygens (including phenoxy) is 5. The summed E-state index contributed by atoms with van der Waals surface area (Å²) in [6.45, 7) is 8.07. The van der Waals surface area contributed by atoms with Gasteiger partial charge in [-0.05, 0) is 11.6 Å². The molecule has 13 heteroatoms. The minimum Gasteiger partial charge on any atom is -0.463 e. The van der Waals surface area contributed by atoms with Gasteiger partial charge in [0, 0.05) is 34.2 Å². The fourth-order valence-electron chi connectivity index (χ4n) is 4.01. The Kier molecular flexibility index (Phi) is 10.6. The zero-order valence-corrected chi connectivity index (χ0v) is 23.3. The van der Waals surface area contributed by atoms with Gasteiger partial charge in [0.2, 0.25) is 0 Å². The number of amidine groups is 1. The van der Waals surface area contributed by atoms with Crippen molar-refractivity contribution in [2.24, 2.45) is 4.99 Å². The summed E-state index contributed by atoms with van der Waals surface area (Å²) in [6, 6.07) is 9.13. The Labute approximate surface area is 235 Å². The first-order valence-corrected chi connectivity index (χ1v) is 13.1. The van der Waals surface area contributed by atoms with Crippen LogP contribution in [-0.2, 0) is 47.7 Å². The van der Waals surface area contributed by atoms with Crippen molar-refractivity contribution >= 4 is 52.8 Å². The fraction of sp³-hybridized carbons (Fsp3) is 0.407. The molecular formula is C27H30N2O10S. The summed E-state index contributed by atoms with van der Waals surface area (Å²) < 4.78 is 27.6. The third-order valence-electron chi connectivity index (χ3n) is 5.50. The number of benzene rings is 1. The minimum atomic E-state index is -1.33. The van der Waals surface area contributed by atoms with Gasteiger partial charge in [0.05, 0.1) is 0 Å². The van der Waals surface area contributed by atoms with E-state index in [0.717, 1.165) is 38.1 Å². The van der Waals surface area contributed by atoms with E-state index >= 15 is 0 Å². The Morgan fingerprint density at radius 3 is 2.12 bits per heavy atom. The monoisotopic (exact) mass is 574 g/mol. The SMILES string of the molecule is C=CCN1C(=O)C(=Cc2ccccc2)N=C1SC1OC(COC(C)=O)C(OC(C)=O)C(OC(C)=O)C1OC(C)=O. The molecule has 12 nitrogen and oxygen atoms in total. The first-order chi connectivity index (χ1) is 19.0. The van der Waals surface area contributed by atoms with Crippen molar-refractivity contribution in [1.82, 2.24) is 4.90 Å². The number of carbonyl (C=O) groups is 5. The van der Waals surface area contributed by atoms with Crippen LogP contribution in [0.4, 0.5) is 0 Å². The maximum absolute atomic E-state index is 13.2. The summed E-state index contributed by atoms with van der Waals surface area (Å²) in [5.74, 6) is -3.22. The molecule has 1 aromatic rings. The number of esters is 4. The molecule has 0 aromatic heterocycles. The number of thioether (sulfide) groups is 1. The quantitative estimate of drug-likeness (QED) is 0.185. The average molecular weight is 575 g/mol. The van der Waals surface area contributed by atoms with Crippen LogP contribution < -0.4 is 0 Å². The maximum Gasteiger partial charge on any atom is 0.303 e. The van der Waals surface area contributed by atoms with Crippen molar-refractivity contribution in [3.05, 3.63) is 54.2 Å². The van der Waals surface area contributed by atoms with Gasteiger partial charge in [0.25, 0.3) is 5.91 Å². The van der Waals surface area contributed by atoms with E-state index in [1.807, 2.05) is 30.3 Å². The summed E-state index contributed by atoms with van der Waals surface area (Å²) in [4.78, 5) is 66.7. The van der Waals surface area contributed by atoms with E-state index in [0.29, 0.717) is 0 Å². The predicted octanol–water partition coefficient (Wildman–Crippen LogP) is 2.23. The zero-order valence-electron chi connectivity index (χ0n) is 22.4. The highest BCUT2D eigenvalue weighted by Gasteiger charge is 2.53. The Balaban J connectivity index is 2.03. The van der Waals surface area contributed by atoms with E-state index in [-0.39, 0.29) is 24.0 Å². The normalized spacial score (nSPS) is 25.1. The number of carbonyl (C=O) groups excluding carboxylic acids is 5.